The van der Waals surface area contributed by atoms with Gasteiger partial charge < -0.3 is 0 Å². The third-order valence-electron chi connectivity index (χ3n) is 2.84. The molecule has 0 radical (unpaired) electrons. The van der Waals surface area contributed by atoms with Crippen molar-refractivity contribution in [1.29, 1.82) is 0 Å². The molecule has 1 aliphatic carbocycles. The Hall–Kier alpha value is -1.63. The molecule has 0 N–H and O–H groups in total. The van der Waals surface area contributed by atoms with E-state index in [-0.39, 0.29) is 0 Å². The highest BCUT2D eigenvalue weighted by atomic mass is 14.7. The molecule has 1 heteroatoms. The Labute approximate surface area is 83.5 Å². The van der Waals surface area contributed by atoms with Crippen LogP contribution in [0.2, 0.25) is 0 Å². The number of allylic oxidation sites excluding steroid dienone is 2. The van der Waals surface area contributed by atoms with E-state index in [2.05, 4.69) is 41.4 Å². The summed E-state index contributed by atoms with van der Waals surface area (Å²) in [6.07, 6.45) is 9.40. The van der Waals surface area contributed by atoms with Crippen LogP contribution in [0.25, 0.3) is 6.08 Å². The van der Waals surface area contributed by atoms with Gasteiger partial charge >= 0.3 is 0 Å². The predicted octanol–water partition coefficient (Wildman–Crippen LogP) is 3.16. The molecule has 1 aromatic rings. The van der Waals surface area contributed by atoms with E-state index in [9.17, 15) is 0 Å². The Kier molecular flexibility index (Phi) is 1.63. The number of rotatable bonds is 0. The van der Waals surface area contributed by atoms with E-state index < -0.39 is 0 Å². The van der Waals surface area contributed by atoms with Crippen LogP contribution in [0.3, 0.4) is 0 Å². The number of fused-ring (bicyclic) bond motifs is 4. The van der Waals surface area contributed by atoms with Crippen LogP contribution in [0, 0.1) is 0 Å². The number of hydrogen-bond donors (Lipinski definition) is 0. The summed E-state index contributed by atoms with van der Waals surface area (Å²) in [5.74, 6) is 0.522. The lowest BCUT2D eigenvalue weighted by Gasteiger charge is -2.20. The fraction of sp³-hybridized carbons (Fsp3) is 0.154. The third kappa shape index (κ3) is 1.13. The van der Waals surface area contributed by atoms with Gasteiger partial charge in [-0.05, 0) is 29.2 Å². The van der Waals surface area contributed by atoms with Gasteiger partial charge in [-0.25, -0.2) is 0 Å². The van der Waals surface area contributed by atoms with Crippen LogP contribution in [-0.4, -0.2) is 6.21 Å². The minimum atomic E-state index is 0.522. The first-order chi connectivity index (χ1) is 6.93. The maximum Gasteiger partial charge on any atom is 0.0300 e. The van der Waals surface area contributed by atoms with Crippen molar-refractivity contribution >= 4 is 12.3 Å². The smallest absolute Gasteiger partial charge is 0.0300 e. The average molecular weight is 181 g/mol. The largest absolute Gasteiger partial charge is 0.265 e. The van der Waals surface area contributed by atoms with Gasteiger partial charge in [0, 0.05) is 18.3 Å². The van der Waals surface area contributed by atoms with E-state index in [1.54, 1.807) is 0 Å². The minimum absolute atomic E-state index is 0.522. The van der Waals surface area contributed by atoms with Crippen molar-refractivity contribution in [3.05, 3.63) is 53.2 Å². The van der Waals surface area contributed by atoms with Crippen LogP contribution in [0.15, 0.2) is 47.1 Å². The highest BCUT2D eigenvalue weighted by Crippen LogP contribution is 2.34. The summed E-state index contributed by atoms with van der Waals surface area (Å²) in [5.41, 5.74) is 4.11. The van der Waals surface area contributed by atoms with Crippen molar-refractivity contribution in [2.75, 3.05) is 0 Å². The fourth-order valence-electron chi connectivity index (χ4n) is 2.16. The first-order valence-electron chi connectivity index (χ1n) is 4.93. The van der Waals surface area contributed by atoms with Gasteiger partial charge in [-0.3, -0.25) is 4.99 Å². The number of benzene rings is 1. The SMILES string of the molecule is C1=CC2CC(=Cc3ccccc32)C=N1. The van der Waals surface area contributed by atoms with Gasteiger partial charge in [0.15, 0.2) is 0 Å². The summed E-state index contributed by atoms with van der Waals surface area (Å²) in [6, 6.07) is 8.59. The zero-order valence-electron chi connectivity index (χ0n) is 7.85. The molecule has 0 fully saturated rings. The zero-order chi connectivity index (χ0) is 9.38. The van der Waals surface area contributed by atoms with Gasteiger partial charge in [0.1, 0.15) is 0 Å². The molecule has 1 aliphatic heterocycles. The topological polar surface area (TPSA) is 12.4 Å². The normalized spacial score (nSPS) is 22.6. The van der Waals surface area contributed by atoms with E-state index in [0.717, 1.165) is 6.42 Å². The van der Waals surface area contributed by atoms with E-state index in [1.165, 1.54) is 16.7 Å². The molecule has 1 aromatic carbocycles. The quantitative estimate of drug-likeness (QED) is 0.583. The highest BCUT2D eigenvalue weighted by molar-refractivity contribution is 5.88. The first-order valence-corrected chi connectivity index (χ1v) is 4.93. The molecule has 68 valence electrons. The van der Waals surface area contributed by atoms with Crippen LogP contribution in [0.1, 0.15) is 23.5 Å². The molecule has 3 rings (SSSR count). The van der Waals surface area contributed by atoms with Crippen LogP contribution < -0.4 is 0 Å². The molecular weight excluding hydrogens is 170 g/mol. The summed E-state index contributed by atoms with van der Waals surface area (Å²) in [5, 5.41) is 0. The van der Waals surface area contributed by atoms with Gasteiger partial charge in [0.05, 0.1) is 0 Å². The third-order valence-corrected chi connectivity index (χ3v) is 2.84. The Morgan fingerprint density at radius 2 is 2.14 bits per heavy atom. The molecule has 0 saturated heterocycles. The number of hydrogen-bond acceptors (Lipinski definition) is 1. The lowest BCUT2D eigenvalue weighted by atomic mass is 9.84. The van der Waals surface area contributed by atoms with Gasteiger partial charge in [0.25, 0.3) is 0 Å². The lowest BCUT2D eigenvalue weighted by Crippen LogP contribution is -2.04. The first kappa shape index (κ1) is 7.74. The standard InChI is InChI=1S/C13H11N/c1-2-4-13-11(3-1)7-10-8-12(13)5-6-14-9-10/h1-7,9,12H,8H2. The molecule has 2 bridgehead atoms. The lowest BCUT2D eigenvalue weighted by molar-refractivity contribution is 0.840. The maximum atomic E-state index is 4.22. The molecule has 0 spiro atoms. The summed E-state index contributed by atoms with van der Waals surface area (Å²) in [4.78, 5) is 4.22. The Morgan fingerprint density at radius 1 is 1.21 bits per heavy atom. The Balaban J connectivity index is 2.23. The Bertz CT molecular complexity index is 452. The fourth-order valence-corrected chi connectivity index (χ4v) is 2.16. The van der Waals surface area contributed by atoms with Crippen LogP contribution >= 0.6 is 0 Å². The van der Waals surface area contributed by atoms with E-state index in [1.807, 2.05) is 12.4 Å². The van der Waals surface area contributed by atoms with Crippen molar-refractivity contribution < 1.29 is 0 Å². The van der Waals surface area contributed by atoms with Crippen molar-refractivity contribution in [2.24, 2.45) is 4.99 Å². The zero-order valence-corrected chi connectivity index (χ0v) is 7.85. The summed E-state index contributed by atoms with van der Waals surface area (Å²) >= 11 is 0. The maximum absolute atomic E-state index is 4.22. The van der Waals surface area contributed by atoms with Crippen LogP contribution in [0.4, 0.5) is 0 Å². The number of aliphatic imine (C=N–C) groups is 1. The second-order valence-electron chi connectivity index (χ2n) is 3.78. The number of nitrogens with zero attached hydrogens (tertiary/aromatic N) is 1. The van der Waals surface area contributed by atoms with E-state index >= 15 is 0 Å². The van der Waals surface area contributed by atoms with Crippen molar-refractivity contribution in [3.63, 3.8) is 0 Å². The van der Waals surface area contributed by atoms with Crippen LogP contribution in [-0.2, 0) is 0 Å². The Morgan fingerprint density at radius 3 is 3.14 bits per heavy atom. The van der Waals surface area contributed by atoms with Crippen LogP contribution in [0.5, 0.6) is 0 Å². The molecule has 1 atom stereocenters. The average Bonchev–Trinajstić information content (AvgIpc) is 2.41. The monoisotopic (exact) mass is 181 g/mol. The second kappa shape index (κ2) is 2.95. The molecule has 1 heterocycles. The molecule has 0 aromatic heterocycles. The second-order valence-corrected chi connectivity index (χ2v) is 3.78. The molecule has 0 saturated carbocycles. The van der Waals surface area contributed by atoms with E-state index in [0.29, 0.717) is 5.92 Å². The molecule has 1 unspecified atom stereocenters. The van der Waals surface area contributed by atoms with Gasteiger partial charge in [-0.2, -0.15) is 0 Å². The summed E-state index contributed by atoms with van der Waals surface area (Å²) in [6.45, 7) is 0. The molecule has 0 amide bonds. The van der Waals surface area contributed by atoms with Gasteiger partial charge in [-0.1, -0.05) is 30.3 Å². The van der Waals surface area contributed by atoms with Crippen molar-refractivity contribution in [2.45, 2.75) is 12.3 Å². The predicted molar refractivity (Wildman–Crippen MR) is 59.4 cm³/mol. The highest BCUT2D eigenvalue weighted by Gasteiger charge is 2.18. The van der Waals surface area contributed by atoms with Crippen molar-refractivity contribution in [3.8, 4) is 0 Å². The van der Waals surface area contributed by atoms with Gasteiger partial charge in [0.2, 0.25) is 0 Å². The van der Waals surface area contributed by atoms with Crippen molar-refractivity contribution in [1.82, 2.24) is 0 Å². The molecule has 14 heavy (non-hydrogen) atoms. The minimum Gasteiger partial charge on any atom is -0.265 e. The van der Waals surface area contributed by atoms with Gasteiger partial charge in [-0.15, -0.1) is 0 Å². The molecular formula is C13H11N. The summed E-state index contributed by atoms with van der Waals surface area (Å²) in [7, 11) is 0. The molecule has 1 nitrogen and oxygen atoms in total. The summed E-state index contributed by atoms with van der Waals surface area (Å²) < 4.78 is 0. The molecule has 2 aliphatic rings. The van der Waals surface area contributed by atoms with E-state index in [4.69, 9.17) is 0 Å².